The van der Waals surface area contributed by atoms with Crippen LogP contribution in [0, 0.1) is 11.8 Å². The molecule has 1 N–H and O–H groups in total. The summed E-state index contributed by atoms with van der Waals surface area (Å²) in [6.45, 7) is 0.123. The summed E-state index contributed by atoms with van der Waals surface area (Å²) in [6.07, 6.45) is 0.534. The maximum atomic E-state index is 8.63. The average Bonchev–Trinajstić information content (AvgIpc) is 2.98. The largest absolute Gasteiger partial charge is 0.395 e. The number of rotatable bonds is 4. The first-order valence-electron chi connectivity index (χ1n) is 4.96. The number of aliphatic hydroxyl groups excluding tert-OH is 1. The third kappa shape index (κ3) is 4.13. The highest BCUT2D eigenvalue weighted by Gasteiger charge is 2.01. The van der Waals surface area contributed by atoms with Crippen molar-refractivity contribution >= 4 is 34.4 Å². The number of hydrogen-bond acceptors (Lipinski definition) is 6. The smallest absolute Gasteiger partial charge is 0.174 e. The van der Waals surface area contributed by atoms with E-state index in [1.54, 1.807) is 39.9 Å². The number of thioether (sulfide) groups is 1. The maximum Gasteiger partial charge on any atom is 0.174 e. The Morgan fingerprint density at radius 3 is 3.12 bits per heavy atom. The van der Waals surface area contributed by atoms with Gasteiger partial charge in [-0.25, -0.2) is 0 Å². The van der Waals surface area contributed by atoms with Crippen LogP contribution in [-0.2, 0) is 5.75 Å². The topological polar surface area (TPSA) is 46.0 Å². The lowest BCUT2D eigenvalue weighted by Gasteiger charge is -1.91. The molecule has 0 atom stereocenters. The van der Waals surface area contributed by atoms with Gasteiger partial charge < -0.3 is 5.11 Å². The lowest BCUT2D eigenvalue weighted by Crippen LogP contribution is -1.75. The zero-order chi connectivity index (χ0) is 11.9. The van der Waals surface area contributed by atoms with E-state index in [1.807, 2.05) is 6.07 Å². The van der Waals surface area contributed by atoms with E-state index >= 15 is 0 Å². The minimum Gasteiger partial charge on any atom is -0.395 e. The van der Waals surface area contributed by atoms with Crippen LogP contribution in [0.4, 0.5) is 0 Å². The van der Waals surface area contributed by atoms with Crippen LogP contribution in [-0.4, -0.2) is 21.9 Å². The highest BCUT2D eigenvalue weighted by atomic mass is 32.2. The Labute approximate surface area is 112 Å². The quantitative estimate of drug-likeness (QED) is 0.691. The van der Waals surface area contributed by atoms with E-state index in [1.165, 1.54) is 4.88 Å². The molecule has 0 amide bonds. The van der Waals surface area contributed by atoms with Gasteiger partial charge in [0.25, 0.3) is 0 Å². The number of hydrogen-bond donors (Lipinski definition) is 1. The first kappa shape index (κ1) is 12.6. The molecule has 2 rings (SSSR count). The Kier molecular flexibility index (Phi) is 5.01. The summed E-state index contributed by atoms with van der Waals surface area (Å²) < 4.78 is 0.992. The molecule has 0 fully saturated rings. The molecule has 3 nitrogen and oxygen atoms in total. The number of aliphatic hydroxyl groups is 1. The van der Waals surface area contributed by atoms with Gasteiger partial charge in [-0.05, 0) is 12.1 Å². The lowest BCUT2D eigenvalue weighted by molar-refractivity contribution is 0.305. The summed E-state index contributed by atoms with van der Waals surface area (Å²) >= 11 is 4.93. The molecule has 6 heteroatoms. The Bertz CT molecular complexity index is 510. The molecule has 2 heterocycles. The van der Waals surface area contributed by atoms with Gasteiger partial charge in [0.1, 0.15) is 5.51 Å². The minimum atomic E-state index is 0.123. The second kappa shape index (κ2) is 6.77. The van der Waals surface area contributed by atoms with Gasteiger partial charge in [-0.3, -0.25) is 0 Å². The van der Waals surface area contributed by atoms with E-state index in [4.69, 9.17) is 5.11 Å². The van der Waals surface area contributed by atoms with E-state index in [0.29, 0.717) is 6.42 Å². The van der Waals surface area contributed by atoms with Gasteiger partial charge in [-0.1, -0.05) is 34.9 Å². The van der Waals surface area contributed by atoms with Crippen LogP contribution >= 0.6 is 34.4 Å². The van der Waals surface area contributed by atoms with Crippen LogP contribution in [0.1, 0.15) is 16.2 Å². The summed E-state index contributed by atoms with van der Waals surface area (Å²) in [5.41, 5.74) is 1.74. The number of nitrogens with zero attached hydrogens (tertiary/aromatic N) is 2. The molecule has 2 aromatic rings. The zero-order valence-electron chi connectivity index (χ0n) is 8.92. The molecule has 0 aliphatic carbocycles. The number of aromatic nitrogens is 2. The van der Waals surface area contributed by atoms with Crippen LogP contribution in [0.5, 0.6) is 0 Å². The molecule has 0 aliphatic heterocycles. The molecule has 0 unspecified atom stereocenters. The first-order valence-corrected chi connectivity index (χ1v) is 7.64. The molecule has 88 valence electrons. The van der Waals surface area contributed by atoms with Crippen molar-refractivity contribution in [2.75, 3.05) is 6.61 Å². The third-order valence-corrected chi connectivity index (χ3v) is 4.88. The van der Waals surface area contributed by atoms with Gasteiger partial charge in [0, 0.05) is 17.1 Å². The molecular weight excluding hydrogens is 272 g/mol. The van der Waals surface area contributed by atoms with Crippen molar-refractivity contribution in [3.8, 4) is 11.8 Å². The van der Waals surface area contributed by atoms with Gasteiger partial charge >= 0.3 is 0 Å². The fourth-order valence-corrected chi connectivity index (χ4v) is 3.50. The van der Waals surface area contributed by atoms with E-state index in [0.717, 1.165) is 15.0 Å². The Hall–Kier alpha value is -0.870. The summed E-state index contributed by atoms with van der Waals surface area (Å²) in [5, 5.41) is 16.4. The van der Waals surface area contributed by atoms with Gasteiger partial charge in [-0.2, -0.15) is 0 Å². The molecule has 0 bridgehead atoms. The SMILES string of the molecule is OCCC#Cc1ccc(CSc2nncs2)s1. The van der Waals surface area contributed by atoms with Crippen molar-refractivity contribution in [1.29, 1.82) is 0 Å². The van der Waals surface area contributed by atoms with Crippen molar-refractivity contribution in [2.45, 2.75) is 16.5 Å². The van der Waals surface area contributed by atoms with E-state index in [2.05, 4.69) is 28.1 Å². The fourth-order valence-electron chi connectivity index (χ4n) is 1.09. The van der Waals surface area contributed by atoms with E-state index in [-0.39, 0.29) is 6.61 Å². The summed E-state index contributed by atoms with van der Waals surface area (Å²) in [6, 6.07) is 4.10. The Morgan fingerprint density at radius 2 is 2.35 bits per heavy atom. The third-order valence-electron chi connectivity index (χ3n) is 1.79. The Morgan fingerprint density at radius 1 is 1.41 bits per heavy atom. The summed E-state index contributed by atoms with van der Waals surface area (Å²) in [5.74, 6) is 6.86. The molecule has 0 aliphatic rings. The number of thiophene rings is 1. The van der Waals surface area contributed by atoms with E-state index < -0.39 is 0 Å². The van der Waals surface area contributed by atoms with Crippen LogP contribution in [0.25, 0.3) is 0 Å². The van der Waals surface area contributed by atoms with Gasteiger partial charge in [0.2, 0.25) is 0 Å². The predicted molar refractivity (Wildman–Crippen MR) is 72.4 cm³/mol. The molecule has 2 aromatic heterocycles. The minimum absolute atomic E-state index is 0.123. The molecule has 0 saturated carbocycles. The van der Waals surface area contributed by atoms with E-state index in [9.17, 15) is 0 Å². The summed E-state index contributed by atoms with van der Waals surface area (Å²) in [4.78, 5) is 2.32. The molecule has 0 spiro atoms. The van der Waals surface area contributed by atoms with Gasteiger partial charge in [0.15, 0.2) is 4.34 Å². The van der Waals surface area contributed by atoms with Crippen molar-refractivity contribution in [1.82, 2.24) is 10.2 Å². The van der Waals surface area contributed by atoms with Crippen LogP contribution in [0.2, 0.25) is 0 Å². The van der Waals surface area contributed by atoms with Gasteiger partial charge in [-0.15, -0.1) is 21.5 Å². The highest BCUT2D eigenvalue weighted by molar-refractivity contribution is 8.00. The summed E-state index contributed by atoms with van der Waals surface area (Å²) in [7, 11) is 0. The second-order valence-electron chi connectivity index (χ2n) is 3.03. The predicted octanol–water partition coefficient (Wildman–Crippen LogP) is 2.63. The maximum absolute atomic E-state index is 8.63. The normalized spacial score (nSPS) is 9.94. The molecule has 0 aromatic carbocycles. The second-order valence-corrected chi connectivity index (χ2v) is 6.26. The highest BCUT2D eigenvalue weighted by Crippen LogP contribution is 2.27. The van der Waals surface area contributed by atoms with Gasteiger partial charge in [0.05, 0.1) is 11.5 Å². The molecule has 0 saturated heterocycles. The van der Waals surface area contributed by atoms with Crippen molar-refractivity contribution in [3.63, 3.8) is 0 Å². The first-order chi connectivity index (χ1) is 8.38. The van der Waals surface area contributed by atoms with Crippen molar-refractivity contribution in [2.24, 2.45) is 0 Å². The monoisotopic (exact) mass is 282 g/mol. The standard InChI is InChI=1S/C11H10N2OS3/c14-6-2-1-3-9-4-5-10(17-9)7-15-11-13-12-8-16-11/h4-5,8,14H,2,6-7H2. The van der Waals surface area contributed by atoms with Crippen molar-refractivity contribution in [3.05, 3.63) is 27.4 Å². The molecular formula is C11H10N2OS3. The molecule has 17 heavy (non-hydrogen) atoms. The van der Waals surface area contributed by atoms with Crippen molar-refractivity contribution < 1.29 is 5.11 Å². The fraction of sp³-hybridized carbons (Fsp3) is 0.273. The lowest BCUT2D eigenvalue weighted by atomic mass is 10.4. The Balaban J connectivity index is 1.88. The zero-order valence-corrected chi connectivity index (χ0v) is 11.4. The van der Waals surface area contributed by atoms with Crippen LogP contribution in [0.3, 0.4) is 0 Å². The van der Waals surface area contributed by atoms with Crippen LogP contribution < -0.4 is 0 Å². The molecule has 0 radical (unpaired) electrons. The van der Waals surface area contributed by atoms with Crippen LogP contribution in [0.15, 0.2) is 22.0 Å². The average molecular weight is 282 g/mol.